The lowest BCUT2D eigenvalue weighted by Crippen LogP contribution is -2.51. The smallest absolute Gasteiger partial charge is 0.405 e. The quantitative estimate of drug-likeness (QED) is 0.668. The summed E-state index contributed by atoms with van der Waals surface area (Å²) in [5.41, 5.74) is 2.03. The molecule has 1 heterocycles. The molecule has 1 aliphatic rings. The van der Waals surface area contributed by atoms with E-state index in [2.05, 4.69) is 4.98 Å². The van der Waals surface area contributed by atoms with Crippen LogP contribution in [-0.2, 0) is 16.4 Å². The number of nitrogens with one attached hydrogen (secondary N) is 2. The number of halogens is 3. The summed E-state index contributed by atoms with van der Waals surface area (Å²) in [5.74, 6) is -0.619. The Hall–Kier alpha value is -2.26. The second-order valence-electron chi connectivity index (χ2n) is 7.55. The largest absolute Gasteiger partial charge is 0.507 e. The molecule has 1 aromatic carbocycles. The van der Waals surface area contributed by atoms with E-state index >= 15 is 0 Å². The molecular weight excluding hydrogens is 405 g/mol. The molecule has 158 valence electrons. The van der Waals surface area contributed by atoms with Gasteiger partial charge in [0.05, 0.1) is 0 Å². The number of hydrogen-bond donors (Lipinski definition) is 3. The number of aromatic nitrogens is 1. The number of allylic oxidation sites excluding steroid dienone is 3. The molecule has 1 aromatic heterocycles. The number of aromatic amines is 1. The van der Waals surface area contributed by atoms with Gasteiger partial charge in [-0.2, -0.15) is 13.2 Å². The van der Waals surface area contributed by atoms with E-state index < -0.39 is 39.8 Å². The molecule has 2 aromatic rings. The summed E-state index contributed by atoms with van der Waals surface area (Å²) in [6.45, 7) is 5.10. The lowest BCUT2D eigenvalue weighted by molar-refractivity contribution is -0.150. The Bertz CT molecular complexity index is 1080. The summed E-state index contributed by atoms with van der Waals surface area (Å²) in [6, 6.07) is 2.24. The van der Waals surface area contributed by atoms with Gasteiger partial charge in [-0.25, -0.2) is 13.1 Å². The molecule has 0 saturated heterocycles. The number of phenolic OH excluding ortho intramolecular Hbond substituents is 1. The molecule has 29 heavy (non-hydrogen) atoms. The van der Waals surface area contributed by atoms with Gasteiger partial charge in [0.1, 0.15) is 17.0 Å². The molecule has 3 N–H and O–H groups in total. The molecule has 3 atom stereocenters. The highest BCUT2D eigenvalue weighted by Gasteiger charge is 2.45. The summed E-state index contributed by atoms with van der Waals surface area (Å²) < 4.78 is 68.9. The zero-order valence-electron chi connectivity index (χ0n) is 16.2. The first-order chi connectivity index (χ1) is 13.4. The Kier molecular flexibility index (Phi) is 5.57. The van der Waals surface area contributed by atoms with Crippen LogP contribution in [0.5, 0.6) is 5.75 Å². The zero-order chi connectivity index (χ0) is 21.6. The molecule has 3 rings (SSSR count). The summed E-state index contributed by atoms with van der Waals surface area (Å²) >= 11 is 0. The monoisotopic (exact) mass is 428 g/mol. The highest BCUT2D eigenvalue weighted by atomic mass is 32.2. The van der Waals surface area contributed by atoms with Gasteiger partial charge < -0.3 is 10.1 Å². The van der Waals surface area contributed by atoms with E-state index in [9.17, 15) is 26.7 Å². The molecule has 0 radical (unpaired) electrons. The van der Waals surface area contributed by atoms with E-state index in [1.807, 2.05) is 11.6 Å². The van der Waals surface area contributed by atoms with Crippen LogP contribution in [0.3, 0.4) is 0 Å². The third-order valence-corrected chi connectivity index (χ3v) is 7.22. The molecule has 0 fully saturated rings. The number of sulfonamides is 1. The van der Waals surface area contributed by atoms with Crippen molar-refractivity contribution in [1.82, 2.24) is 9.71 Å². The number of alkyl halides is 3. The Morgan fingerprint density at radius 3 is 2.59 bits per heavy atom. The van der Waals surface area contributed by atoms with Crippen molar-refractivity contribution in [2.75, 3.05) is 0 Å². The number of benzene rings is 1. The van der Waals surface area contributed by atoms with E-state index in [4.69, 9.17) is 0 Å². The minimum Gasteiger partial charge on any atom is -0.507 e. The van der Waals surface area contributed by atoms with Gasteiger partial charge in [-0.15, -0.1) is 0 Å². The van der Waals surface area contributed by atoms with Gasteiger partial charge in [-0.05, 0) is 43.9 Å². The molecule has 1 aliphatic carbocycles. The fourth-order valence-corrected chi connectivity index (χ4v) is 6.01. The third kappa shape index (κ3) is 4.35. The number of hydrogen-bond acceptors (Lipinski definition) is 3. The van der Waals surface area contributed by atoms with Crippen molar-refractivity contribution < 1.29 is 26.7 Å². The van der Waals surface area contributed by atoms with Gasteiger partial charge in [0.25, 0.3) is 0 Å². The fourth-order valence-electron chi connectivity index (χ4n) is 4.05. The van der Waals surface area contributed by atoms with E-state index in [1.165, 1.54) is 12.3 Å². The van der Waals surface area contributed by atoms with Crippen LogP contribution in [0, 0.1) is 5.92 Å². The average molecular weight is 428 g/mol. The Balaban J connectivity index is 1.93. The summed E-state index contributed by atoms with van der Waals surface area (Å²) in [7, 11) is -4.31. The average Bonchev–Trinajstić information content (AvgIpc) is 2.96. The summed E-state index contributed by atoms with van der Waals surface area (Å²) in [5, 5.41) is 9.21. The first kappa shape index (κ1) is 21.4. The number of phenols is 1. The van der Waals surface area contributed by atoms with Gasteiger partial charge in [0.2, 0.25) is 10.0 Å². The lowest BCUT2D eigenvalue weighted by Gasteiger charge is -2.30. The molecule has 0 aliphatic heterocycles. The summed E-state index contributed by atoms with van der Waals surface area (Å²) in [6.07, 6.45) is -0.680. The summed E-state index contributed by atoms with van der Waals surface area (Å²) in [4.78, 5) is 2.81. The Morgan fingerprint density at radius 1 is 1.28 bits per heavy atom. The van der Waals surface area contributed by atoms with Crippen molar-refractivity contribution in [3.63, 3.8) is 0 Å². The lowest BCUT2D eigenvalue weighted by atomic mass is 9.92. The van der Waals surface area contributed by atoms with Gasteiger partial charge in [-0.3, -0.25) is 0 Å². The fraction of sp³-hybridized carbons (Fsp3) is 0.400. The standard InChI is InChI=1S/C20H23F3N2O3S/c1-11-7-12(2)19(13(3)8-11)29(27,28)25-17(20(21,22)23)9-14-10-24-15-5-4-6-16(26)18(14)15/h4-8,10,12,17,19,24-26H,9H2,1-3H3. The first-order valence-corrected chi connectivity index (χ1v) is 10.7. The van der Waals surface area contributed by atoms with Crippen molar-refractivity contribution in [3.05, 3.63) is 53.3 Å². The highest BCUT2D eigenvalue weighted by Crippen LogP contribution is 2.33. The van der Waals surface area contributed by atoms with E-state index in [1.54, 1.807) is 38.1 Å². The Labute approximate surface area is 167 Å². The maximum atomic E-state index is 13.7. The molecule has 9 heteroatoms. The van der Waals surface area contributed by atoms with Crippen molar-refractivity contribution in [2.24, 2.45) is 5.92 Å². The van der Waals surface area contributed by atoms with Gasteiger partial charge in [-0.1, -0.05) is 36.3 Å². The maximum Gasteiger partial charge on any atom is 0.405 e. The SMILES string of the molecule is CC1=CC(C)C(S(=O)(=O)NC(Cc2c[nH]c3cccc(O)c23)C(F)(F)F)C(C)=C1. The molecule has 3 unspecified atom stereocenters. The van der Waals surface area contributed by atoms with E-state index in [0.717, 1.165) is 5.57 Å². The molecule has 0 spiro atoms. The molecular formula is C20H23F3N2O3S. The minimum atomic E-state index is -4.80. The van der Waals surface area contributed by atoms with Gasteiger partial charge >= 0.3 is 6.18 Å². The minimum absolute atomic E-state index is 0.164. The maximum absolute atomic E-state index is 13.7. The normalized spacial score (nSPS) is 21.7. The van der Waals surface area contributed by atoms with Crippen molar-refractivity contribution in [3.8, 4) is 5.75 Å². The third-order valence-electron chi connectivity index (χ3n) is 5.13. The second kappa shape index (κ2) is 7.53. The number of fused-ring (bicyclic) bond motifs is 1. The first-order valence-electron chi connectivity index (χ1n) is 9.12. The topological polar surface area (TPSA) is 82.2 Å². The highest BCUT2D eigenvalue weighted by molar-refractivity contribution is 7.90. The molecule has 5 nitrogen and oxygen atoms in total. The molecule has 0 saturated carbocycles. The number of aromatic hydroxyl groups is 1. The van der Waals surface area contributed by atoms with Crippen molar-refractivity contribution in [2.45, 2.75) is 44.7 Å². The van der Waals surface area contributed by atoms with Crippen molar-refractivity contribution >= 4 is 20.9 Å². The van der Waals surface area contributed by atoms with E-state index in [-0.39, 0.29) is 16.7 Å². The number of rotatable bonds is 5. The van der Waals surface area contributed by atoms with Crippen LogP contribution in [0.2, 0.25) is 0 Å². The van der Waals surface area contributed by atoms with Crippen LogP contribution in [0.4, 0.5) is 13.2 Å². The van der Waals surface area contributed by atoms with Gasteiger partial charge in [0, 0.05) is 17.1 Å². The van der Waals surface area contributed by atoms with Crippen LogP contribution >= 0.6 is 0 Å². The Morgan fingerprint density at radius 2 is 1.97 bits per heavy atom. The second-order valence-corrected chi connectivity index (χ2v) is 9.39. The van der Waals surface area contributed by atoms with Crippen LogP contribution in [-0.4, -0.2) is 36.0 Å². The molecule has 0 bridgehead atoms. The predicted molar refractivity (Wildman–Crippen MR) is 106 cm³/mol. The predicted octanol–water partition coefficient (Wildman–Crippen LogP) is 4.18. The van der Waals surface area contributed by atoms with Crippen LogP contribution in [0.1, 0.15) is 26.3 Å². The van der Waals surface area contributed by atoms with Crippen LogP contribution in [0.15, 0.2) is 47.7 Å². The van der Waals surface area contributed by atoms with Crippen molar-refractivity contribution in [1.29, 1.82) is 0 Å². The van der Waals surface area contributed by atoms with Crippen LogP contribution < -0.4 is 4.72 Å². The van der Waals surface area contributed by atoms with Gasteiger partial charge in [0.15, 0.2) is 0 Å². The number of H-pyrrole nitrogens is 1. The zero-order valence-corrected chi connectivity index (χ0v) is 17.0. The van der Waals surface area contributed by atoms with Crippen LogP contribution in [0.25, 0.3) is 10.9 Å². The molecule has 0 amide bonds. The van der Waals surface area contributed by atoms with E-state index in [0.29, 0.717) is 11.1 Å².